The molecule has 0 fully saturated rings. The number of carboxylic acids is 1. The van der Waals surface area contributed by atoms with Gasteiger partial charge < -0.3 is 9.52 Å². The molecular weight excluding hydrogens is 196 g/mol. The Balaban J connectivity index is 2.31. The van der Waals surface area contributed by atoms with Gasteiger partial charge in [-0.2, -0.15) is 0 Å². The number of aliphatic carboxylic acids is 1. The van der Waals surface area contributed by atoms with Gasteiger partial charge in [0.1, 0.15) is 0 Å². The lowest BCUT2D eigenvalue weighted by molar-refractivity contribution is -0.136. The Labute approximate surface area is 85.4 Å². The van der Waals surface area contributed by atoms with Crippen molar-refractivity contribution in [3.8, 4) is 11.3 Å². The van der Waals surface area contributed by atoms with Crippen molar-refractivity contribution in [2.24, 2.45) is 0 Å². The topological polar surface area (TPSA) is 76.2 Å². The van der Waals surface area contributed by atoms with E-state index in [1.54, 1.807) is 24.5 Å². The van der Waals surface area contributed by atoms with E-state index in [1.807, 2.05) is 0 Å². The van der Waals surface area contributed by atoms with Crippen LogP contribution in [0.2, 0.25) is 0 Å². The van der Waals surface area contributed by atoms with Crippen molar-refractivity contribution in [1.29, 1.82) is 0 Å². The third kappa shape index (κ3) is 2.19. The monoisotopic (exact) mass is 204 g/mol. The highest BCUT2D eigenvalue weighted by molar-refractivity contribution is 5.70. The molecule has 0 radical (unpaired) electrons. The zero-order valence-electron chi connectivity index (χ0n) is 7.75. The Bertz CT molecular complexity index is 465. The Kier molecular flexibility index (Phi) is 2.45. The zero-order chi connectivity index (χ0) is 10.7. The van der Waals surface area contributed by atoms with Crippen molar-refractivity contribution < 1.29 is 14.3 Å². The minimum atomic E-state index is -0.905. The molecule has 2 heterocycles. The summed E-state index contributed by atoms with van der Waals surface area (Å²) in [5.74, 6) is -0.304. The number of carboxylic acid groups (broad SMARTS) is 1. The van der Waals surface area contributed by atoms with Crippen molar-refractivity contribution in [3.63, 3.8) is 0 Å². The first-order valence-corrected chi connectivity index (χ1v) is 4.31. The molecule has 0 bridgehead atoms. The lowest BCUT2D eigenvalue weighted by atomic mass is 10.1. The molecule has 0 amide bonds. The van der Waals surface area contributed by atoms with Gasteiger partial charge in [-0.05, 0) is 12.1 Å². The van der Waals surface area contributed by atoms with Crippen LogP contribution in [0, 0.1) is 0 Å². The van der Waals surface area contributed by atoms with Crippen molar-refractivity contribution in [1.82, 2.24) is 9.97 Å². The summed E-state index contributed by atoms with van der Waals surface area (Å²) in [6.45, 7) is 0. The van der Waals surface area contributed by atoms with Crippen LogP contribution in [0.4, 0.5) is 0 Å². The van der Waals surface area contributed by atoms with Crippen molar-refractivity contribution in [3.05, 3.63) is 36.6 Å². The van der Waals surface area contributed by atoms with E-state index < -0.39 is 5.97 Å². The van der Waals surface area contributed by atoms with Crippen LogP contribution in [0.3, 0.4) is 0 Å². The lowest BCUT2D eigenvalue weighted by Crippen LogP contribution is -2.01. The van der Waals surface area contributed by atoms with E-state index in [0.717, 1.165) is 5.56 Å². The molecule has 0 saturated carbocycles. The molecule has 76 valence electrons. The van der Waals surface area contributed by atoms with E-state index in [0.29, 0.717) is 11.5 Å². The number of carbonyl (C=O) groups is 1. The predicted molar refractivity (Wildman–Crippen MR) is 51.1 cm³/mol. The average molecular weight is 204 g/mol. The normalized spacial score (nSPS) is 10.1. The fraction of sp³-hybridized carbons (Fsp3) is 0.100. The van der Waals surface area contributed by atoms with Crippen LogP contribution in [0.25, 0.3) is 11.3 Å². The summed E-state index contributed by atoms with van der Waals surface area (Å²) in [6, 6.07) is 3.42. The third-order valence-corrected chi connectivity index (χ3v) is 1.87. The Morgan fingerprint density at radius 2 is 2.40 bits per heavy atom. The van der Waals surface area contributed by atoms with E-state index in [4.69, 9.17) is 9.52 Å². The largest absolute Gasteiger partial charge is 0.481 e. The molecular formula is C10H8N2O3. The lowest BCUT2D eigenvalue weighted by Gasteiger charge is -1.98. The first kappa shape index (κ1) is 9.39. The van der Waals surface area contributed by atoms with Gasteiger partial charge in [0.25, 0.3) is 0 Å². The molecule has 0 saturated heterocycles. The van der Waals surface area contributed by atoms with Gasteiger partial charge in [-0.1, -0.05) is 0 Å². The molecule has 0 atom stereocenters. The van der Waals surface area contributed by atoms with E-state index in [-0.39, 0.29) is 6.42 Å². The smallest absolute Gasteiger partial charge is 0.309 e. The molecule has 2 aromatic rings. The van der Waals surface area contributed by atoms with Crippen LogP contribution < -0.4 is 0 Å². The number of hydrogen-bond donors (Lipinski definition) is 1. The zero-order valence-corrected chi connectivity index (χ0v) is 7.75. The van der Waals surface area contributed by atoms with Crippen LogP contribution >= 0.6 is 0 Å². The van der Waals surface area contributed by atoms with Crippen LogP contribution in [0.15, 0.2) is 35.3 Å². The van der Waals surface area contributed by atoms with Crippen molar-refractivity contribution in [2.45, 2.75) is 6.42 Å². The van der Waals surface area contributed by atoms with Gasteiger partial charge >= 0.3 is 5.97 Å². The fourth-order valence-corrected chi connectivity index (χ4v) is 1.24. The predicted octanol–water partition coefficient (Wildman–Crippen LogP) is 1.36. The van der Waals surface area contributed by atoms with Crippen LogP contribution in [-0.2, 0) is 11.2 Å². The molecule has 2 rings (SSSR count). The fourth-order valence-electron chi connectivity index (χ4n) is 1.24. The molecule has 0 aliphatic carbocycles. The molecule has 0 aromatic carbocycles. The number of aromatic nitrogens is 2. The first-order valence-electron chi connectivity index (χ1n) is 4.31. The minimum absolute atomic E-state index is 0.0953. The maximum absolute atomic E-state index is 10.5. The highest BCUT2D eigenvalue weighted by atomic mass is 16.4. The third-order valence-electron chi connectivity index (χ3n) is 1.87. The Morgan fingerprint density at radius 3 is 3.07 bits per heavy atom. The van der Waals surface area contributed by atoms with Gasteiger partial charge in [-0.25, -0.2) is 4.98 Å². The molecule has 0 aliphatic heterocycles. The van der Waals surface area contributed by atoms with Gasteiger partial charge in [-0.15, -0.1) is 0 Å². The Morgan fingerprint density at radius 1 is 1.53 bits per heavy atom. The highest BCUT2D eigenvalue weighted by Gasteiger charge is 2.05. The van der Waals surface area contributed by atoms with Crippen LogP contribution in [-0.4, -0.2) is 21.0 Å². The molecule has 15 heavy (non-hydrogen) atoms. The molecule has 5 heteroatoms. The summed E-state index contributed by atoms with van der Waals surface area (Å²) in [5.41, 5.74) is 1.27. The minimum Gasteiger partial charge on any atom is -0.481 e. The van der Waals surface area contributed by atoms with E-state index >= 15 is 0 Å². The van der Waals surface area contributed by atoms with Gasteiger partial charge in [-0.3, -0.25) is 9.78 Å². The van der Waals surface area contributed by atoms with E-state index in [1.165, 1.54) is 6.39 Å². The number of hydrogen-bond acceptors (Lipinski definition) is 4. The molecule has 0 unspecified atom stereocenters. The van der Waals surface area contributed by atoms with Gasteiger partial charge in [0.2, 0.25) is 0 Å². The van der Waals surface area contributed by atoms with Gasteiger partial charge in [0, 0.05) is 11.8 Å². The number of oxazole rings is 1. The van der Waals surface area contributed by atoms with Crippen LogP contribution in [0.1, 0.15) is 5.69 Å². The standard InChI is InChI=1S/C10H8N2O3/c13-10(14)4-8-3-7(1-2-12-8)9-5-11-6-15-9/h1-3,5-6H,4H2,(H,13,14). The van der Waals surface area contributed by atoms with E-state index in [2.05, 4.69) is 9.97 Å². The molecule has 1 N–H and O–H groups in total. The summed E-state index contributed by atoms with van der Waals surface area (Å²) in [7, 11) is 0. The molecule has 0 spiro atoms. The van der Waals surface area contributed by atoms with Crippen molar-refractivity contribution in [2.75, 3.05) is 0 Å². The van der Waals surface area contributed by atoms with E-state index in [9.17, 15) is 4.79 Å². The SMILES string of the molecule is O=C(O)Cc1cc(-c2cnco2)ccn1. The second kappa shape index (κ2) is 3.91. The summed E-state index contributed by atoms with van der Waals surface area (Å²) in [6.07, 6.45) is 4.35. The molecule has 5 nitrogen and oxygen atoms in total. The van der Waals surface area contributed by atoms with Crippen LogP contribution in [0.5, 0.6) is 0 Å². The summed E-state index contributed by atoms with van der Waals surface area (Å²) in [5, 5.41) is 8.61. The summed E-state index contributed by atoms with van der Waals surface area (Å²) >= 11 is 0. The molecule has 2 aromatic heterocycles. The average Bonchev–Trinajstić information content (AvgIpc) is 2.69. The number of pyridine rings is 1. The van der Waals surface area contributed by atoms with Gasteiger partial charge in [0.15, 0.2) is 12.2 Å². The quantitative estimate of drug-likeness (QED) is 0.816. The highest BCUT2D eigenvalue weighted by Crippen LogP contribution is 2.18. The second-order valence-electron chi connectivity index (χ2n) is 2.97. The Hall–Kier alpha value is -2.17. The summed E-state index contributed by atoms with van der Waals surface area (Å²) < 4.78 is 5.09. The van der Waals surface area contributed by atoms with Gasteiger partial charge in [0.05, 0.1) is 18.3 Å². The van der Waals surface area contributed by atoms with Crippen molar-refractivity contribution >= 4 is 5.97 Å². The maximum atomic E-state index is 10.5. The second-order valence-corrected chi connectivity index (χ2v) is 2.97. The first-order chi connectivity index (χ1) is 7.25. The maximum Gasteiger partial charge on any atom is 0.309 e. The molecule has 0 aliphatic rings. The summed E-state index contributed by atoms with van der Waals surface area (Å²) in [4.78, 5) is 18.2. The number of rotatable bonds is 3. The number of nitrogens with zero attached hydrogens (tertiary/aromatic N) is 2.